The zero-order chi connectivity index (χ0) is 15.9. The van der Waals surface area contributed by atoms with Crippen molar-refractivity contribution in [3.05, 3.63) is 57.2 Å². The zero-order valence-corrected chi connectivity index (χ0v) is 13.6. The number of carbonyl (C=O) groups excluding carboxylic acids is 2. The van der Waals surface area contributed by atoms with E-state index in [-0.39, 0.29) is 25.0 Å². The van der Waals surface area contributed by atoms with Gasteiger partial charge in [0.1, 0.15) is 0 Å². The van der Waals surface area contributed by atoms with Gasteiger partial charge < -0.3 is 10.1 Å². The van der Waals surface area contributed by atoms with Gasteiger partial charge in [0.25, 0.3) is 5.91 Å². The molecule has 6 heteroatoms. The molecule has 1 amide bonds. The van der Waals surface area contributed by atoms with Crippen molar-refractivity contribution in [1.82, 2.24) is 5.32 Å². The van der Waals surface area contributed by atoms with E-state index in [1.807, 2.05) is 35.9 Å². The fourth-order valence-corrected chi connectivity index (χ4v) is 2.77. The zero-order valence-electron chi connectivity index (χ0n) is 12.0. The van der Waals surface area contributed by atoms with Crippen molar-refractivity contribution in [1.29, 1.82) is 0 Å². The van der Waals surface area contributed by atoms with E-state index in [1.54, 1.807) is 12.1 Å². The molecule has 1 aromatic carbocycles. The van der Waals surface area contributed by atoms with Gasteiger partial charge in [0.05, 0.1) is 12.5 Å². The van der Waals surface area contributed by atoms with Gasteiger partial charge in [-0.2, -0.15) is 11.3 Å². The van der Waals surface area contributed by atoms with Gasteiger partial charge in [-0.05, 0) is 47.0 Å². The van der Waals surface area contributed by atoms with E-state index in [0.717, 1.165) is 11.1 Å². The standard InChI is InChI=1S/C16H16ClNO3S/c1-11(13-3-2-4-14(17)8-13)18-15(19)9-21-16(20)7-12-5-6-22-10-12/h2-6,8,10-11H,7,9H2,1H3,(H,18,19)/t11-/m1/s1. The second-order valence-electron chi connectivity index (χ2n) is 4.81. The number of halogens is 1. The number of esters is 1. The quantitative estimate of drug-likeness (QED) is 0.822. The first kappa shape index (κ1) is 16.5. The van der Waals surface area contributed by atoms with Crippen molar-refractivity contribution >= 4 is 34.8 Å². The number of nitrogens with one attached hydrogen (secondary N) is 1. The van der Waals surface area contributed by atoms with Crippen molar-refractivity contribution in [2.75, 3.05) is 6.61 Å². The maximum absolute atomic E-state index is 11.8. The summed E-state index contributed by atoms with van der Waals surface area (Å²) in [7, 11) is 0. The SMILES string of the molecule is C[C@@H](NC(=O)COC(=O)Cc1ccsc1)c1cccc(Cl)c1. The topological polar surface area (TPSA) is 55.4 Å². The van der Waals surface area contributed by atoms with Crippen LogP contribution < -0.4 is 5.32 Å². The third kappa shape index (κ3) is 5.16. The van der Waals surface area contributed by atoms with E-state index in [4.69, 9.17) is 16.3 Å². The monoisotopic (exact) mass is 337 g/mol. The van der Waals surface area contributed by atoms with Crippen molar-refractivity contribution < 1.29 is 14.3 Å². The van der Waals surface area contributed by atoms with Crippen LogP contribution in [0, 0.1) is 0 Å². The number of ether oxygens (including phenoxy) is 1. The highest BCUT2D eigenvalue weighted by Gasteiger charge is 2.12. The molecule has 0 radical (unpaired) electrons. The summed E-state index contributed by atoms with van der Waals surface area (Å²) in [6, 6.07) is 8.90. The van der Waals surface area contributed by atoms with Crippen molar-refractivity contribution in [2.45, 2.75) is 19.4 Å². The number of hydrogen-bond acceptors (Lipinski definition) is 4. The molecule has 1 heterocycles. The van der Waals surface area contributed by atoms with Gasteiger partial charge in [-0.3, -0.25) is 9.59 Å². The number of thiophene rings is 1. The van der Waals surface area contributed by atoms with Crippen molar-refractivity contribution in [3.8, 4) is 0 Å². The van der Waals surface area contributed by atoms with Gasteiger partial charge in [0.15, 0.2) is 6.61 Å². The van der Waals surface area contributed by atoms with Crippen LogP contribution in [0.1, 0.15) is 24.1 Å². The summed E-state index contributed by atoms with van der Waals surface area (Å²) in [4.78, 5) is 23.4. The fourth-order valence-electron chi connectivity index (χ4n) is 1.90. The number of hydrogen-bond donors (Lipinski definition) is 1. The molecule has 0 aliphatic rings. The number of amides is 1. The van der Waals surface area contributed by atoms with Crippen LogP contribution in [0.4, 0.5) is 0 Å². The van der Waals surface area contributed by atoms with E-state index < -0.39 is 5.97 Å². The van der Waals surface area contributed by atoms with Crippen LogP contribution in [0.25, 0.3) is 0 Å². The highest BCUT2D eigenvalue weighted by molar-refractivity contribution is 7.07. The van der Waals surface area contributed by atoms with Gasteiger partial charge in [0.2, 0.25) is 0 Å². The van der Waals surface area contributed by atoms with Gasteiger partial charge >= 0.3 is 5.97 Å². The molecule has 0 unspecified atom stereocenters. The predicted octanol–water partition coefficient (Wildman–Crippen LogP) is 3.36. The average molecular weight is 338 g/mol. The molecular formula is C16H16ClNO3S. The molecule has 0 saturated carbocycles. The normalized spacial score (nSPS) is 11.7. The van der Waals surface area contributed by atoms with E-state index in [9.17, 15) is 9.59 Å². The Hall–Kier alpha value is -1.85. The van der Waals surface area contributed by atoms with E-state index in [0.29, 0.717) is 5.02 Å². The maximum Gasteiger partial charge on any atom is 0.310 e. The van der Waals surface area contributed by atoms with E-state index in [1.165, 1.54) is 11.3 Å². The van der Waals surface area contributed by atoms with Gasteiger partial charge in [-0.15, -0.1) is 0 Å². The first-order valence-corrected chi connectivity index (χ1v) is 8.08. The molecule has 4 nitrogen and oxygen atoms in total. The molecule has 1 aromatic heterocycles. The Labute approximate surface area is 138 Å². The molecule has 0 aliphatic heterocycles. The fraction of sp³-hybridized carbons (Fsp3) is 0.250. The molecule has 22 heavy (non-hydrogen) atoms. The van der Waals surface area contributed by atoms with Crippen molar-refractivity contribution in [3.63, 3.8) is 0 Å². The Kier molecular flexibility index (Phi) is 5.98. The molecular weight excluding hydrogens is 322 g/mol. The summed E-state index contributed by atoms with van der Waals surface area (Å²) >= 11 is 7.43. The first-order chi connectivity index (χ1) is 10.5. The second kappa shape index (κ2) is 7.96. The third-order valence-corrected chi connectivity index (χ3v) is 3.99. The lowest BCUT2D eigenvalue weighted by atomic mass is 10.1. The van der Waals surface area contributed by atoms with Crippen LogP contribution in [-0.4, -0.2) is 18.5 Å². The number of benzene rings is 1. The lowest BCUT2D eigenvalue weighted by Crippen LogP contribution is -2.31. The lowest BCUT2D eigenvalue weighted by Gasteiger charge is -2.14. The van der Waals surface area contributed by atoms with Crippen LogP contribution >= 0.6 is 22.9 Å². The smallest absolute Gasteiger partial charge is 0.310 e. The predicted molar refractivity (Wildman–Crippen MR) is 87.0 cm³/mol. The molecule has 2 rings (SSSR count). The summed E-state index contributed by atoms with van der Waals surface area (Å²) < 4.78 is 4.97. The van der Waals surface area contributed by atoms with Crippen LogP contribution in [-0.2, 0) is 20.7 Å². The summed E-state index contributed by atoms with van der Waals surface area (Å²) in [6.45, 7) is 1.56. The minimum absolute atomic E-state index is 0.181. The highest BCUT2D eigenvalue weighted by Crippen LogP contribution is 2.17. The Morgan fingerprint density at radius 3 is 2.86 bits per heavy atom. The van der Waals surface area contributed by atoms with Gasteiger partial charge in [-0.1, -0.05) is 23.7 Å². The summed E-state index contributed by atoms with van der Waals surface area (Å²) in [5.74, 6) is -0.755. The van der Waals surface area contributed by atoms with E-state index >= 15 is 0 Å². The number of rotatable bonds is 6. The summed E-state index contributed by atoms with van der Waals surface area (Å²) in [6.07, 6.45) is 0.181. The molecule has 1 N–H and O–H groups in total. The Bertz CT molecular complexity index is 643. The van der Waals surface area contributed by atoms with Gasteiger partial charge in [-0.25, -0.2) is 0 Å². The molecule has 0 fully saturated rings. The Morgan fingerprint density at radius 1 is 1.36 bits per heavy atom. The molecule has 116 valence electrons. The molecule has 0 aliphatic carbocycles. The van der Waals surface area contributed by atoms with Crippen LogP contribution in [0.3, 0.4) is 0 Å². The minimum atomic E-state index is -0.413. The van der Waals surface area contributed by atoms with E-state index in [2.05, 4.69) is 5.32 Å². The Morgan fingerprint density at radius 2 is 2.18 bits per heavy atom. The highest BCUT2D eigenvalue weighted by atomic mass is 35.5. The summed E-state index contributed by atoms with van der Waals surface area (Å²) in [5, 5.41) is 7.15. The largest absolute Gasteiger partial charge is 0.455 e. The van der Waals surface area contributed by atoms with Crippen molar-refractivity contribution in [2.24, 2.45) is 0 Å². The molecule has 1 atom stereocenters. The number of carbonyl (C=O) groups is 2. The molecule has 0 spiro atoms. The van der Waals surface area contributed by atoms with Gasteiger partial charge in [0, 0.05) is 5.02 Å². The summed E-state index contributed by atoms with van der Waals surface area (Å²) in [5.41, 5.74) is 1.79. The first-order valence-electron chi connectivity index (χ1n) is 6.76. The molecule has 0 bridgehead atoms. The average Bonchev–Trinajstić information content (AvgIpc) is 2.98. The van der Waals surface area contributed by atoms with Crippen LogP contribution in [0.2, 0.25) is 5.02 Å². The molecule has 0 saturated heterocycles. The molecule has 2 aromatic rings. The minimum Gasteiger partial charge on any atom is -0.455 e. The second-order valence-corrected chi connectivity index (χ2v) is 6.03. The lowest BCUT2D eigenvalue weighted by molar-refractivity contribution is -0.148. The van der Waals surface area contributed by atoms with Crippen LogP contribution in [0.5, 0.6) is 0 Å². The maximum atomic E-state index is 11.8. The third-order valence-electron chi connectivity index (χ3n) is 3.02. The Balaban J connectivity index is 1.76. The van der Waals surface area contributed by atoms with Crippen LogP contribution in [0.15, 0.2) is 41.1 Å².